The van der Waals surface area contributed by atoms with Gasteiger partial charge in [-0.05, 0) is 47.4 Å². The van der Waals surface area contributed by atoms with Gasteiger partial charge in [-0.1, -0.05) is 48.5 Å². The fraction of sp³-hybridized carbons (Fsp3) is 0.207. The molecule has 2 amide bonds. The monoisotopic (exact) mass is 494 g/mol. The predicted octanol–water partition coefficient (Wildman–Crippen LogP) is 3.46. The fourth-order valence-electron chi connectivity index (χ4n) is 4.83. The lowest BCUT2D eigenvalue weighted by molar-refractivity contribution is -0.116. The maximum absolute atomic E-state index is 13.8. The Morgan fingerprint density at radius 1 is 0.973 bits per heavy atom. The number of anilines is 1. The molecule has 1 aromatic heterocycles. The first-order valence-corrected chi connectivity index (χ1v) is 12.4. The Balaban J connectivity index is 1.48. The lowest BCUT2D eigenvalue weighted by Gasteiger charge is -2.29. The van der Waals surface area contributed by atoms with E-state index in [1.54, 1.807) is 6.07 Å². The standard InChI is InChI=1S/C29H30N6O2/c30-13-11-27(36)33-24-9-5-19(6-10-24)17-35-25-16-22(28(31)32)8-7-21(25)15-26(35)29(37)34-14-12-20-3-1-2-4-23(20)18-34/h1-10,15-16H,11-14,17-18,30H2,(H3,31,32)(H,33,36). The molecule has 6 N–H and O–H groups in total. The van der Waals surface area contributed by atoms with Gasteiger partial charge in [0, 0.05) is 54.8 Å². The van der Waals surface area contributed by atoms with E-state index in [0.29, 0.717) is 43.1 Å². The van der Waals surface area contributed by atoms with Gasteiger partial charge in [-0.25, -0.2) is 0 Å². The Morgan fingerprint density at radius 3 is 2.46 bits per heavy atom. The molecule has 188 valence electrons. The van der Waals surface area contributed by atoms with Crippen molar-refractivity contribution in [2.75, 3.05) is 18.4 Å². The molecule has 0 saturated carbocycles. The van der Waals surface area contributed by atoms with Gasteiger partial charge in [0.1, 0.15) is 11.5 Å². The van der Waals surface area contributed by atoms with E-state index in [-0.39, 0.29) is 24.1 Å². The van der Waals surface area contributed by atoms with Crippen molar-refractivity contribution in [2.45, 2.75) is 25.9 Å². The van der Waals surface area contributed by atoms with E-state index in [9.17, 15) is 9.59 Å². The topological polar surface area (TPSA) is 130 Å². The number of nitrogens with one attached hydrogen (secondary N) is 2. The summed E-state index contributed by atoms with van der Waals surface area (Å²) in [6.07, 6.45) is 1.09. The molecule has 0 aliphatic carbocycles. The molecule has 8 heteroatoms. The van der Waals surface area contributed by atoms with Crippen LogP contribution < -0.4 is 16.8 Å². The average molecular weight is 495 g/mol. The number of aromatic nitrogens is 1. The van der Waals surface area contributed by atoms with Gasteiger partial charge < -0.3 is 26.3 Å². The third kappa shape index (κ3) is 5.10. The first-order valence-electron chi connectivity index (χ1n) is 12.4. The van der Waals surface area contributed by atoms with Crippen molar-refractivity contribution in [1.29, 1.82) is 5.41 Å². The predicted molar refractivity (Wildman–Crippen MR) is 146 cm³/mol. The van der Waals surface area contributed by atoms with Crippen molar-refractivity contribution in [3.8, 4) is 0 Å². The number of hydrogen-bond acceptors (Lipinski definition) is 4. The number of nitrogens with zero attached hydrogens (tertiary/aromatic N) is 2. The van der Waals surface area contributed by atoms with E-state index >= 15 is 0 Å². The molecule has 37 heavy (non-hydrogen) atoms. The summed E-state index contributed by atoms with van der Waals surface area (Å²) in [4.78, 5) is 27.6. The van der Waals surface area contributed by atoms with Crippen molar-refractivity contribution in [3.63, 3.8) is 0 Å². The summed E-state index contributed by atoms with van der Waals surface area (Å²) < 4.78 is 1.99. The van der Waals surface area contributed by atoms with E-state index in [2.05, 4.69) is 17.4 Å². The van der Waals surface area contributed by atoms with Gasteiger partial charge in [-0.3, -0.25) is 15.0 Å². The minimum Gasteiger partial charge on any atom is -0.384 e. The molecule has 5 rings (SSSR count). The Hall–Kier alpha value is -4.43. The van der Waals surface area contributed by atoms with Crippen LogP contribution in [0, 0.1) is 5.41 Å². The molecule has 0 atom stereocenters. The highest BCUT2D eigenvalue weighted by molar-refractivity contribution is 6.02. The van der Waals surface area contributed by atoms with Gasteiger partial charge in [-0.15, -0.1) is 0 Å². The number of rotatable bonds is 7. The molecule has 1 aliphatic rings. The molecule has 3 aromatic carbocycles. The maximum Gasteiger partial charge on any atom is 0.270 e. The van der Waals surface area contributed by atoms with Crippen LogP contribution in [0.5, 0.6) is 0 Å². The molecular formula is C29H30N6O2. The Bertz CT molecular complexity index is 1490. The summed E-state index contributed by atoms with van der Waals surface area (Å²) in [5.41, 5.74) is 17.4. The minimum atomic E-state index is -0.126. The zero-order valence-electron chi connectivity index (χ0n) is 20.5. The van der Waals surface area contributed by atoms with Crippen LogP contribution in [0.3, 0.4) is 0 Å². The van der Waals surface area contributed by atoms with E-state index in [1.807, 2.05) is 64.1 Å². The van der Waals surface area contributed by atoms with Crippen LogP contribution in [0.1, 0.15) is 39.2 Å². The van der Waals surface area contributed by atoms with Crippen LogP contribution in [-0.2, 0) is 24.3 Å². The van der Waals surface area contributed by atoms with Crippen molar-refractivity contribution in [1.82, 2.24) is 9.47 Å². The first kappa shape index (κ1) is 24.3. The molecule has 0 saturated heterocycles. The van der Waals surface area contributed by atoms with Crippen LogP contribution in [0.4, 0.5) is 5.69 Å². The quantitative estimate of drug-likeness (QED) is 0.231. The molecule has 0 unspecified atom stereocenters. The third-order valence-corrected chi connectivity index (χ3v) is 6.80. The van der Waals surface area contributed by atoms with Crippen molar-refractivity contribution in [3.05, 3.63) is 101 Å². The van der Waals surface area contributed by atoms with E-state index < -0.39 is 0 Å². The van der Waals surface area contributed by atoms with Crippen molar-refractivity contribution >= 4 is 34.2 Å². The van der Waals surface area contributed by atoms with Gasteiger partial charge in [0.15, 0.2) is 0 Å². The second-order valence-corrected chi connectivity index (χ2v) is 9.33. The maximum atomic E-state index is 13.8. The van der Waals surface area contributed by atoms with Gasteiger partial charge in [0.2, 0.25) is 5.91 Å². The lowest BCUT2D eigenvalue weighted by atomic mass is 10.00. The highest BCUT2D eigenvalue weighted by Crippen LogP contribution is 2.27. The summed E-state index contributed by atoms with van der Waals surface area (Å²) in [6, 6.07) is 23.3. The molecule has 8 nitrogen and oxygen atoms in total. The second kappa shape index (κ2) is 10.3. The van der Waals surface area contributed by atoms with E-state index in [1.165, 1.54) is 11.1 Å². The van der Waals surface area contributed by atoms with Crippen LogP contribution in [-0.4, -0.2) is 40.2 Å². The molecule has 0 radical (unpaired) electrons. The van der Waals surface area contributed by atoms with E-state index in [4.69, 9.17) is 16.9 Å². The number of carbonyl (C=O) groups excluding carboxylic acids is 2. The zero-order valence-corrected chi connectivity index (χ0v) is 20.5. The normalized spacial score (nSPS) is 12.8. The minimum absolute atomic E-state index is 0.0206. The number of amidine groups is 1. The van der Waals surface area contributed by atoms with Crippen LogP contribution >= 0.6 is 0 Å². The van der Waals surface area contributed by atoms with E-state index in [0.717, 1.165) is 22.9 Å². The number of nitrogen functional groups attached to an aromatic ring is 1. The van der Waals surface area contributed by atoms with Crippen molar-refractivity contribution < 1.29 is 9.59 Å². The largest absolute Gasteiger partial charge is 0.384 e. The summed E-state index contributed by atoms with van der Waals surface area (Å²) in [6.45, 7) is 1.99. The fourth-order valence-corrected chi connectivity index (χ4v) is 4.83. The number of benzene rings is 3. The number of hydrogen-bond donors (Lipinski definition) is 4. The van der Waals surface area contributed by atoms with Crippen LogP contribution in [0.25, 0.3) is 10.9 Å². The molecule has 0 spiro atoms. The summed E-state index contributed by atoms with van der Waals surface area (Å²) in [5, 5.41) is 11.6. The summed E-state index contributed by atoms with van der Waals surface area (Å²) in [7, 11) is 0. The van der Waals surface area contributed by atoms with Gasteiger partial charge in [0.25, 0.3) is 5.91 Å². The third-order valence-electron chi connectivity index (χ3n) is 6.80. The number of fused-ring (bicyclic) bond motifs is 2. The molecular weight excluding hydrogens is 464 g/mol. The summed E-state index contributed by atoms with van der Waals surface area (Å²) >= 11 is 0. The number of carbonyl (C=O) groups is 2. The smallest absolute Gasteiger partial charge is 0.270 e. The Morgan fingerprint density at radius 2 is 1.73 bits per heavy atom. The molecule has 0 fully saturated rings. The Kier molecular flexibility index (Phi) is 6.74. The molecule has 2 heterocycles. The lowest BCUT2D eigenvalue weighted by Crippen LogP contribution is -2.37. The van der Waals surface area contributed by atoms with Crippen LogP contribution in [0.15, 0.2) is 72.8 Å². The average Bonchev–Trinajstić information content (AvgIpc) is 3.26. The molecule has 4 aromatic rings. The highest BCUT2D eigenvalue weighted by Gasteiger charge is 2.25. The highest BCUT2D eigenvalue weighted by atomic mass is 16.2. The summed E-state index contributed by atoms with van der Waals surface area (Å²) in [5.74, 6) is -0.173. The van der Waals surface area contributed by atoms with Gasteiger partial charge >= 0.3 is 0 Å². The first-order chi connectivity index (χ1) is 17.9. The van der Waals surface area contributed by atoms with Crippen LogP contribution in [0.2, 0.25) is 0 Å². The van der Waals surface area contributed by atoms with Gasteiger partial charge in [0.05, 0.1) is 0 Å². The van der Waals surface area contributed by atoms with Gasteiger partial charge in [-0.2, -0.15) is 0 Å². The number of nitrogens with two attached hydrogens (primary N) is 2. The zero-order chi connectivity index (χ0) is 25.9. The second-order valence-electron chi connectivity index (χ2n) is 9.33. The van der Waals surface area contributed by atoms with Crippen molar-refractivity contribution in [2.24, 2.45) is 11.5 Å². The molecule has 0 bridgehead atoms. The molecule has 1 aliphatic heterocycles. The Labute approximate surface area is 215 Å². The SMILES string of the molecule is N=C(N)c1ccc2cc(C(=O)N3CCc4ccccc4C3)n(Cc3ccc(NC(=O)CCN)cc3)c2c1. The number of amides is 2.